The number of carbonyl (C=O) groups is 2. The van der Waals surface area contributed by atoms with Crippen LogP contribution in [0.15, 0.2) is 24.3 Å². The first-order valence-corrected chi connectivity index (χ1v) is 22.5. The average molecular weight is 748 g/mol. The second-order valence-electron chi connectivity index (χ2n) is 15.9. The summed E-state index contributed by atoms with van der Waals surface area (Å²) in [6.07, 6.45) is 40.1. The highest BCUT2D eigenvalue weighted by atomic mass is 16.5. The number of carbonyl (C=O) groups excluding carboxylic acids is 2. The molecule has 1 aliphatic heterocycles. The van der Waals surface area contributed by atoms with E-state index in [2.05, 4.69) is 37.9 Å². The molecule has 1 fully saturated rings. The maximum absolute atomic E-state index is 11.9. The Labute approximate surface area is 327 Å². The van der Waals surface area contributed by atoms with Crippen LogP contribution >= 0.6 is 0 Å². The van der Waals surface area contributed by atoms with Gasteiger partial charge in [0.05, 0.1) is 0 Å². The van der Waals surface area contributed by atoms with Gasteiger partial charge in [-0.25, -0.2) is 0 Å². The van der Waals surface area contributed by atoms with E-state index in [1.54, 1.807) is 0 Å². The number of nitrogens with zero attached hydrogens (tertiary/aromatic N) is 1. The van der Waals surface area contributed by atoms with Crippen molar-refractivity contribution in [2.75, 3.05) is 59.8 Å². The zero-order chi connectivity index (χ0) is 38.3. The zero-order valence-electron chi connectivity index (χ0n) is 35.2. The number of hydrogen-bond donors (Lipinski definition) is 0. The SMILES string of the molecule is CCCCCC/C=C\COC(=O)CCCCCCCCCOCCC1(CCOCCCCCCCCCC(=O)OC/C=C\CCCCCC)CN(C)C1. The Kier molecular flexibility index (Phi) is 34.6. The lowest BCUT2D eigenvalue weighted by molar-refractivity contribution is -0.143. The molecular weight excluding hydrogens is 663 g/mol. The molecule has 7 nitrogen and oxygen atoms in total. The minimum Gasteiger partial charge on any atom is -0.461 e. The highest BCUT2D eigenvalue weighted by Gasteiger charge is 2.40. The van der Waals surface area contributed by atoms with Crippen molar-refractivity contribution >= 4 is 11.9 Å². The molecule has 0 N–H and O–H groups in total. The smallest absolute Gasteiger partial charge is 0.306 e. The van der Waals surface area contributed by atoms with Gasteiger partial charge in [0, 0.05) is 57.8 Å². The van der Waals surface area contributed by atoms with Gasteiger partial charge in [-0.1, -0.05) is 141 Å². The van der Waals surface area contributed by atoms with Crippen LogP contribution in [0.2, 0.25) is 0 Å². The van der Waals surface area contributed by atoms with Gasteiger partial charge in [-0.05, 0) is 71.3 Å². The van der Waals surface area contributed by atoms with Crippen LogP contribution in [0, 0.1) is 5.41 Å². The van der Waals surface area contributed by atoms with E-state index in [0.29, 0.717) is 31.5 Å². The molecule has 0 aromatic carbocycles. The Balaban J connectivity index is 1.87. The van der Waals surface area contributed by atoms with E-state index in [-0.39, 0.29) is 11.9 Å². The van der Waals surface area contributed by atoms with Crippen LogP contribution < -0.4 is 0 Å². The fourth-order valence-electron chi connectivity index (χ4n) is 7.21. The standard InChI is InChI=1S/C46H85NO6/c1-4-6-8-10-16-24-30-38-52-44(48)32-26-20-14-12-18-22-28-36-50-40-34-46(42-47(3)43-46)35-41-51-37-29-23-19-13-15-21-27-33-45(49)53-39-31-25-17-11-9-7-5-2/h24-25,30-31H,4-23,26-29,32-43H2,1-3H3/b30-24-,31-25-. The van der Waals surface area contributed by atoms with Crippen molar-refractivity contribution in [2.45, 2.75) is 194 Å². The average Bonchev–Trinajstić information content (AvgIpc) is 3.14. The second-order valence-corrected chi connectivity index (χ2v) is 15.9. The maximum Gasteiger partial charge on any atom is 0.306 e. The number of hydrogen-bond acceptors (Lipinski definition) is 7. The maximum atomic E-state index is 11.9. The topological polar surface area (TPSA) is 74.3 Å². The van der Waals surface area contributed by atoms with Crippen molar-refractivity contribution < 1.29 is 28.5 Å². The summed E-state index contributed by atoms with van der Waals surface area (Å²) in [7, 11) is 2.21. The summed E-state index contributed by atoms with van der Waals surface area (Å²) in [5.41, 5.74) is 0.364. The number of likely N-dealkylation sites (tertiary alicyclic amines) is 1. The first kappa shape index (κ1) is 49.3. The number of allylic oxidation sites excluding steroid dienone is 2. The van der Waals surface area contributed by atoms with Crippen LogP contribution in [0.4, 0.5) is 0 Å². The number of ether oxygens (including phenoxy) is 4. The van der Waals surface area contributed by atoms with E-state index in [9.17, 15) is 9.59 Å². The van der Waals surface area contributed by atoms with Crippen molar-refractivity contribution in [1.29, 1.82) is 0 Å². The lowest BCUT2D eigenvalue weighted by Crippen LogP contribution is -2.55. The predicted molar refractivity (Wildman–Crippen MR) is 222 cm³/mol. The molecule has 0 aromatic rings. The van der Waals surface area contributed by atoms with Crippen LogP contribution in [-0.2, 0) is 28.5 Å². The van der Waals surface area contributed by atoms with Crippen LogP contribution in [0.3, 0.4) is 0 Å². The summed E-state index contributed by atoms with van der Waals surface area (Å²) < 4.78 is 22.7. The van der Waals surface area contributed by atoms with Gasteiger partial charge in [-0.3, -0.25) is 9.59 Å². The molecule has 0 amide bonds. The largest absolute Gasteiger partial charge is 0.461 e. The van der Waals surface area contributed by atoms with E-state index >= 15 is 0 Å². The number of rotatable bonds is 40. The molecule has 1 saturated heterocycles. The summed E-state index contributed by atoms with van der Waals surface area (Å²) in [6.45, 7) is 11.1. The summed E-state index contributed by atoms with van der Waals surface area (Å²) in [5.74, 6) is -0.120. The van der Waals surface area contributed by atoms with Crippen molar-refractivity contribution in [3.05, 3.63) is 24.3 Å². The number of esters is 2. The molecule has 0 atom stereocenters. The zero-order valence-corrected chi connectivity index (χ0v) is 35.2. The molecule has 1 heterocycles. The van der Waals surface area contributed by atoms with Gasteiger partial charge in [0.1, 0.15) is 13.2 Å². The van der Waals surface area contributed by atoms with Crippen molar-refractivity contribution in [3.8, 4) is 0 Å². The Hall–Kier alpha value is -1.70. The van der Waals surface area contributed by atoms with E-state index in [4.69, 9.17) is 18.9 Å². The monoisotopic (exact) mass is 748 g/mol. The predicted octanol–water partition coefficient (Wildman–Crippen LogP) is 12.1. The van der Waals surface area contributed by atoms with E-state index in [1.165, 1.54) is 103 Å². The minimum absolute atomic E-state index is 0.0602. The summed E-state index contributed by atoms with van der Waals surface area (Å²) in [5, 5.41) is 0. The molecule has 0 aliphatic carbocycles. The first-order chi connectivity index (χ1) is 26.0. The summed E-state index contributed by atoms with van der Waals surface area (Å²) in [6, 6.07) is 0. The van der Waals surface area contributed by atoms with Crippen LogP contribution in [0.5, 0.6) is 0 Å². The van der Waals surface area contributed by atoms with Gasteiger partial charge in [-0.15, -0.1) is 0 Å². The van der Waals surface area contributed by atoms with Gasteiger partial charge in [0.2, 0.25) is 0 Å². The molecule has 310 valence electrons. The summed E-state index contributed by atoms with van der Waals surface area (Å²) in [4.78, 5) is 26.2. The Bertz CT molecular complexity index is 819. The molecule has 0 saturated carbocycles. The van der Waals surface area contributed by atoms with Gasteiger partial charge in [-0.2, -0.15) is 0 Å². The molecule has 0 radical (unpaired) electrons. The van der Waals surface area contributed by atoms with Gasteiger partial charge >= 0.3 is 11.9 Å². The van der Waals surface area contributed by atoms with E-state index in [1.807, 2.05) is 12.2 Å². The molecule has 0 spiro atoms. The molecule has 0 unspecified atom stereocenters. The molecule has 7 heteroatoms. The van der Waals surface area contributed by atoms with Crippen molar-refractivity contribution in [2.24, 2.45) is 5.41 Å². The first-order valence-electron chi connectivity index (χ1n) is 22.5. The quantitative estimate of drug-likeness (QED) is 0.0351. The third kappa shape index (κ3) is 32.3. The molecule has 53 heavy (non-hydrogen) atoms. The van der Waals surface area contributed by atoms with Crippen LogP contribution in [0.25, 0.3) is 0 Å². The highest BCUT2D eigenvalue weighted by Crippen LogP contribution is 2.36. The lowest BCUT2D eigenvalue weighted by atomic mass is 9.75. The van der Waals surface area contributed by atoms with Crippen LogP contribution in [0.1, 0.15) is 194 Å². The lowest BCUT2D eigenvalue weighted by Gasteiger charge is -2.49. The number of unbranched alkanes of at least 4 members (excludes halogenated alkanes) is 20. The Morgan fingerprint density at radius 3 is 1.26 bits per heavy atom. The van der Waals surface area contributed by atoms with E-state index in [0.717, 1.165) is 104 Å². The fourth-order valence-corrected chi connectivity index (χ4v) is 7.21. The third-order valence-corrected chi connectivity index (χ3v) is 10.6. The Morgan fingerprint density at radius 1 is 0.491 bits per heavy atom. The van der Waals surface area contributed by atoms with Gasteiger partial charge < -0.3 is 23.8 Å². The van der Waals surface area contributed by atoms with Gasteiger partial charge in [0.25, 0.3) is 0 Å². The summed E-state index contributed by atoms with van der Waals surface area (Å²) >= 11 is 0. The van der Waals surface area contributed by atoms with Crippen molar-refractivity contribution in [3.63, 3.8) is 0 Å². The third-order valence-electron chi connectivity index (χ3n) is 10.6. The molecule has 1 aliphatic rings. The Morgan fingerprint density at radius 2 is 0.868 bits per heavy atom. The molecular formula is C46H85NO6. The van der Waals surface area contributed by atoms with Crippen LogP contribution in [-0.4, -0.2) is 76.6 Å². The van der Waals surface area contributed by atoms with Gasteiger partial charge in [0.15, 0.2) is 0 Å². The van der Waals surface area contributed by atoms with E-state index < -0.39 is 0 Å². The van der Waals surface area contributed by atoms with Crippen molar-refractivity contribution in [1.82, 2.24) is 4.90 Å². The molecule has 1 rings (SSSR count). The highest BCUT2D eigenvalue weighted by molar-refractivity contribution is 5.69. The normalized spacial score (nSPS) is 14.3. The molecule has 0 aromatic heterocycles. The minimum atomic E-state index is -0.0602. The molecule has 0 bridgehead atoms. The second kappa shape index (κ2) is 37.2. The fraction of sp³-hybridized carbons (Fsp3) is 0.870.